The number of nitrogens with one attached hydrogen (secondary N) is 2. The maximum Gasteiger partial charge on any atom is 0.253 e. The Kier molecular flexibility index (Phi) is 3.85. The van der Waals surface area contributed by atoms with Crippen LogP contribution in [0.4, 0.5) is 5.69 Å². The summed E-state index contributed by atoms with van der Waals surface area (Å²) in [5.74, 6) is 0.333. The third-order valence-corrected chi connectivity index (χ3v) is 2.37. The fourth-order valence-electron chi connectivity index (χ4n) is 1.48. The molecular formula is C11H13N5O2. The van der Waals surface area contributed by atoms with E-state index in [9.17, 15) is 4.79 Å². The number of nitrogens with zero attached hydrogens (tertiary/aromatic N) is 3. The van der Waals surface area contributed by atoms with Gasteiger partial charge in [-0.05, 0) is 6.07 Å². The van der Waals surface area contributed by atoms with E-state index in [4.69, 9.17) is 4.52 Å². The Morgan fingerprint density at radius 3 is 3.11 bits per heavy atom. The topological polar surface area (TPSA) is 92.9 Å². The van der Waals surface area contributed by atoms with Gasteiger partial charge in [0.2, 0.25) is 5.89 Å². The first-order valence-electron chi connectivity index (χ1n) is 5.47. The van der Waals surface area contributed by atoms with Crippen molar-refractivity contribution in [1.29, 1.82) is 0 Å². The molecule has 0 unspecified atom stereocenters. The van der Waals surface area contributed by atoms with Gasteiger partial charge in [0.1, 0.15) is 0 Å². The largest absolute Gasteiger partial charge is 0.386 e. The Labute approximate surface area is 104 Å². The van der Waals surface area contributed by atoms with Crippen LogP contribution in [0.3, 0.4) is 0 Å². The van der Waals surface area contributed by atoms with Gasteiger partial charge in [-0.25, -0.2) is 0 Å². The number of anilines is 1. The number of aromatic nitrogens is 3. The van der Waals surface area contributed by atoms with Gasteiger partial charge in [-0.1, -0.05) is 5.16 Å². The van der Waals surface area contributed by atoms with Crippen molar-refractivity contribution in [2.75, 3.05) is 18.9 Å². The maximum absolute atomic E-state index is 11.9. The summed E-state index contributed by atoms with van der Waals surface area (Å²) < 4.78 is 4.83. The van der Waals surface area contributed by atoms with Gasteiger partial charge in [-0.2, -0.15) is 4.98 Å². The highest BCUT2D eigenvalue weighted by Gasteiger charge is 2.10. The standard InChI is InChI=1S/C11H13N5O2/c1-12-9-6-13-4-2-8(9)11(17)14-5-3-10-15-7-16-18-10/h2,4,6-7,12H,3,5H2,1H3,(H,14,17). The van der Waals surface area contributed by atoms with Crippen molar-refractivity contribution in [3.05, 3.63) is 36.2 Å². The molecule has 0 spiro atoms. The summed E-state index contributed by atoms with van der Waals surface area (Å²) in [6.07, 6.45) is 5.02. The molecule has 0 aliphatic heterocycles. The predicted molar refractivity (Wildman–Crippen MR) is 64.1 cm³/mol. The smallest absolute Gasteiger partial charge is 0.253 e. The minimum Gasteiger partial charge on any atom is -0.386 e. The van der Waals surface area contributed by atoms with Crippen LogP contribution in [0, 0.1) is 0 Å². The molecule has 2 N–H and O–H groups in total. The van der Waals surface area contributed by atoms with E-state index in [0.29, 0.717) is 30.1 Å². The van der Waals surface area contributed by atoms with Crippen molar-refractivity contribution in [2.45, 2.75) is 6.42 Å². The Morgan fingerprint density at radius 1 is 1.50 bits per heavy atom. The van der Waals surface area contributed by atoms with Crippen LogP contribution in [0.1, 0.15) is 16.2 Å². The lowest BCUT2D eigenvalue weighted by Crippen LogP contribution is -2.26. The van der Waals surface area contributed by atoms with E-state index in [1.54, 1.807) is 25.5 Å². The molecule has 0 saturated heterocycles. The zero-order valence-electron chi connectivity index (χ0n) is 9.88. The van der Waals surface area contributed by atoms with E-state index >= 15 is 0 Å². The van der Waals surface area contributed by atoms with Crippen molar-refractivity contribution in [2.24, 2.45) is 0 Å². The molecule has 2 rings (SSSR count). The van der Waals surface area contributed by atoms with Gasteiger partial charge in [0, 0.05) is 26.2 Å². The second-order valence-electron chi connectivity index (χ2n) is 3.51. The molecule has 0 radical (unpaired) electrons. The van der Waals surface area contributed by atoms with Gasteiger partial charge >= 0.3 is 0 Å². The van der Waals surface area contributed by atoms with Crippen LogP contribution in [0.15, 0.2) is 29.3 Å². The maximum atomic E-state index is 11.9. The van der Waals surface area contributed by atoms with Gasteiger partial charge in [0.15, 0.2) is 6.33 Å². The molecule has 0 atom stereocenters. The second kappa shape index (κ2) is 5.76. The summed E-state index contributed by atoms with van der Waals surface area (Å²) >= 11 is 0. The summed E-state index contributed by atoms with van der Waals surface area (Å²) in [6.45, 7) is 0.437. The average molecular weight is 247 g/mol. The minimum atomic E-state index is -0.165. The molecule has 7 nitrogen and oxygen atoms in total. The minimum absolute atomic E-state index is 0.165. The van der Waals surface area contributed by atoms with Gasteiger partial charge in [0.05, 0.1) is 17.4 Å². The number of carbonyl (C=O) groups excluding carboxylic acids is 1. The van der Waals surface area contributed by atoms with E-state index in [-0.39, 0.29) is 5.91 Å². The molecule has 2 aromatic heterocycles. The highest BCUT2D eigenvalue weighted by Crippen LogP contribution is 2.11. The molecule has 0 fully saturated rings. The highest BCUT2D eigenvalue weighted by molar-refractivity contribution is 5.99. The summed E-state index contributed by atoms with van der Waals surface area (Å²) in [5.41, 5.74) is 1.24. The first-order valence-corrected chi connectivity index (χ1v) is 5.47. The molecule has 0 aliphatic carbocycles. The monoisotopic (exact) mass is 247 g/mol. The lowest BCUT2D eigenvalue weighted by molar-refractivity contribution is 0.0954. The molecule has 0 bridgehead atoms. The Bertz CT molecular complexity index is 512. The average Bonchev–Trinajstić information content (AvgIpc) is 2.91. The van der Waals surface area contributed by atoms with Crippen LogP contribution in [0.2, 0.25) is 0 Å². The zero-order chi connectivity index (χ0) is 12.8. The van der Waals surface area contributed by atoms with Gasteiger partial charge in [-0.3, -0.25) is 9.78 Å². The molecule has 2 heterocycles. The summed E-state index contributed by atoms with van der Waals surface area (Å²) in [4.78, 5) is 19.7. The van der Waals surface area contributed by atoms with Crippen molar-refractivity contribution >= 4 is 11.6 Å². The Morgan fingerprint density at radius 2 is 2.39 bits per heavy atom. The van der Waals surface area contributed by atoms with E-state index < -0.39 is 0 Å². The van der Waals surface area contributed by atoms with Crippen LogP contribution < -0.4 is 10.6 Å². The Hall–Kier alpha value is -2.44. The zero-order valence-corrected chi connectivity index (χ0v) is 9.88. The fraction of sp³-hybridized carbons (Fsp3) is 0.273. The van der Waals surface area contributed by atoms with Crippen molar-refractivity contribution in [3.63, 3.8) is 0 Å². The number of hydrogen-bond donors (Lipinski definition) is 2. The van der Waals surface area contributed by atoms with Crippen LogP contribution in [0.5, 0.6) is 0 Å². The van der Waals surface area contributed by atoms with E-state index in [1.165, 1.54) is 6.33 Å². The molecule has 94 valence electrons. The molecule has 0 aromatic carbocycles. The fourth-order valence-corrected chi connectivity index (χ4v) is 1.48. The third kappa shape index (κ3) is 2.82. The SMILES string of the molecule is CNc1cnccc1C(=O)NCCc1ncno1. The first kappa shape index (κ1) is 12.0. The Balaban J connectivity index is 1.91. The van der Waals surface area contributed by atoms with Crippen LogP contribution in [-0.4, -0.2) is 34.6 Å². The summed E-state index contributed by atoms with van der Waals surface area (Å²) in [7, 11) is 1.74. The molecule has 18 heavy (non-hydrogen) atoms. The van der Waals surface area contributed by atoms with Crippen molar-refractivity contribution < 1.29 is 9.32 Å². The number of hydrogen-bond acceptors (Lipinski definition) is 6. The third-order valence-electron chi connectivity index (χ3n) is 2.37. The molecular weight excluding hydrogens is 234 g/mol. The van der Waals surface area contributed by atoms with Crippen LogP contribution in [-0.2, 0) is 6.42 Å². The normalized spacial score (nSPS) is 10.1. The molecule has 2 aromatic rings. The van der Waals surface area contributed by atoms with Crippen LogP contribution in [0.25, 0.3) is 0 Å². The van der Waals surface area contributed by atoms with Crippen molar-refractivity contribution in [3.8, 4) is 0 Å². The van der Waals surface area contributed by atoms with Gasteiger partial charge < -0.3 is 15.2 Å². The van der Waals surface area contributed by atoms with Crippen LogP contribution >= 0.6 is 0 Å². The highest BCUT2D eigenvalue weighted by atomic mass is 16.5. The lowest BCUT2D eigenvalue weighted by Gasteiger charge is -2.08. The summed E-state index contributed by atoms with van der Waals surface area (Å²) in [6, 6.07) is 1.66. The van der Waals surface area contributed by atoms with Crippen molar-refractivity contribution in [1.82, 2.24) is 20.4 Å². The molecule has 0 aliphatic rings. The molecule has 7 heteroatoms. The number of carbonyl (C=O) groups is 1. The number of pyridine rings is 1. The summed E-state index contributed by atoms with van der Waals surface area (Å²) in [5, 5.41) is 9.18. The number of amides is 1. The van der Waals surface area contributed by atoms with Gasteiger partial charge in [0.25, 0.3) is 5.91 Å². The second-order valence-corrected chi connectivity index (χ2v) is 3.51. The van der Waals surface area contributed by atoms with E-state index in [2.05, 4.69) is 25.8 Å². The quantitative estimate of drug-likeness (QED) is 0.798. The van der Waals surface area contributed by atoms with Gasteiger partial charge in [-0.15, -0.1) is 0 Å². The predicted octanol–water partition coefficient (Wildman–Crippen LogP) is 0.479. The van der Waals surface area contributed by atoms with E-state index in [1.807, 2.05) is 0 Å². The molecule has 0 saturated carbocycles. The number of rotatable bonds is 5. The lowest BCUT2D eigenvalue weighted by atomic mass is 10.2. The molecule has 1 amide bonds. The first-order chi connectivity index (χ1) is 8.81. The van der Waals surface area contributed by atoms with E-state index in [0.717, 1.165) is 0 Å².